The average Bonchev–Trinajstić information content (AvgIpc) is 3.16. The third-order valence-corrected chi connectivity index (χ3v) is 5.46. The van der Waals surface area contributed by atoms with Crippen molar-refractivity contribution < 1.29 is 14.0 Å². The number of halogens is 2. The molecule has 0 bridgehead atoms. The summed E-state index contributed by atoms with van der Waals surface area (Å²) in [4.78, 5) is 35.1. The third kappa shape index (κ3) is 3.76. The lowest BCUT2D eigenvalue weighted by Gasteiger charge is -2.30. The number of nitrogens with zero attached hydrogens (tertiary/aromatic N) is 3. The molecule has 0 fully saturated rings. The normalized spacial score (nSPS) is 14.9. The summed E-state index contributed by atoms with van der Waals surface area (Å²) < 4.78 is 14.4. The van der Waals surface area contributed by atoms with Gasteiger partial charge < -0.3 is 10.6 Å². The zero-order valence-corrected chi connectivity index (χ0v) is 16.6. The Morgan fingerprint density at radius 3 is 2.77 bits per heavy atom. The highest BCUT2D eigenvalue weighted by Gasteiger charge is 2.34. The van der Waals surface area contributed by atoms with E-state index in [2.05, 4.69) is 9.97 Å². The molecule has 2 heterocycles. The summed E-state index contributed by atoms with van der Waals surface area (Å²) in [5, 5.41) is 0.266. The molecule has 2 N–H and O–H groups in total. The van der Waals surface area contributed by atoms with Crippen LogP contribution in [0.5, 0.6) is 0 Å². The monoisotopic (exact) mass is 424 g/mol. The predicted octanol–water partition coefficient (Wildman–Crippen LogP) is 3.70. The van der Waals surface area contributed by atoms with E-state index >= 15 is 0 Å². The highest BCUT2D eigenvalue weighted by atomic mass is 35.5. The summed E-state index contributed by atoms with van der Waals surface area (Å²) in [5.74, 6) is -1.32. The van der Waals surface area contributed by atoms with Crippen LogP contribution in [0.2, 0.25) is 5.02 Å². The van der Waals surface area contributed by atoms with E-state index in [4.69, 9.17) is 17.3 Å². The Balaban J connectivity index is 1.79. The quantitative estimate of drug-likeness (QED) is 0.676. The minimum absolute atomic E-state index is 0.0328. The van der Waals surface area contributed by atoms with Crippen molar-refractivity contribution in [2.45, 2.75) is 25.4 Å². The zero-order valence-electron chi connectivity index (χ0n) is 15.9. The lowest BCUT2D eigenvalue weighted by molar-refractivity contribution is 0.0652. The van der Waals surface area contributed by atoms with Crippen LogP contribution < -0.4 is 5.73 Å². The molecule has 0 saturated heterocycles. The summed E-state index contributed by atoms with van der Waals surface area (Å²) in [6.07, 6.45) is 5.58. The minimum atomic E-state index is -0.632. The molecule has 8 heteroatoms. The van der Waals surface area contributed by atoms with Crippen LogP contribution in [0, 0.1) is 5.82 Å². The van der Waals surface area contributed by atoms with Gasteiger partial charge in [-0.2, -0.15) is 0 Å². The number of aromatic nitrogens is 2. The van der Waals surface area contributed by atoms with E-state index in [1.54, 1.807) is 41.4 Å². The second kappa shape index (κ2) is 8.20. The van der Waals surface area contributed by atoms with Gasteiger partial charge in [-0.15, -0.1) is 0 Å². The zero-order chi connectivity index (χ0) is 21.3. The molecule has 3 aromatic rings. The molecule has 0 unspecified atom stereocenters. The Morgan fingerprint density at radius 1 is 1.23 bits per heavy atom. The predicted molar refractivity (Wildman–Crippen MR) is 109 cm³/mol. The van der Waals surface area contributed by atoms with E-state index in [9.17, 15) is 14.0 Å². The van der Waals surface area contributed by atoms with Crippen LogP contribution in [-0.4, -0.2) is 26.7 Å². The van der Waals surface area contributed by atoms with Gasteiger partial charge in [-0.1, -0.05) is 11.6 Å². The van der Waals surface area contributed by atoms with Crippen LogP contribution >= 0.6 is 11.6 Å². The smallest absolute Gasteiger partial charge is 0.256 e. The van der Waals surface area contributed by atoms with Crippen LogP contribution in [0.15, 0.2) is 55.0 Å². The molecule has 1 atom stereocenters. The van der Waals surface area contributed by atoms with Gasteiger partial charge in [-0.05, 0) is 60.4 Å². The largest absolute Gasteiger partial charge is 0.366 e. The summed E-state index contributed by atoms with van der Waals surface area (Å²) in [6, 6.07) is 9.04. The highest BCUT2D eigenvalue weighted by Crippen LogP contribution is 2.40. The SMILES string of the molecule is NC(=O)c1cccnc1CN(C(=O)c1cccnc1)[C@@H]1CCc2c(F)cc(Cl)cc21. The Kier molecular flexibility index (Phi) is 5.46. The summed E-state index contributed by atoms with van der Waals surface area (Å²) in [6.45, 7) is 0.0328. The number of amides is 2. The van der Waals surface area contributed by atoms with E-state index in [0.717, 1.165) is 0 Å². The van der Waals surface area contributed by atoms with Crippen molar-refractivity contribution in [3.8, 4) is 0 Å². The Morgan fingerprint density at radius 2 is 2.03 bits per heavy atom. The molecule has 30 heavy (non-hydrogen) atoms. The van der Waals surface area contributed by atoms with E-state index in [1.807, 2.05) is 0 Å². The topological polar surface area (TPSA) is 89.2 Å². The Hall–Kier alpha value is -3.32. The molecule has 1 aromatic carbocycles. The first-order chi connectivity index (χ1) is 14.5. The average molecular weight is 425 g/mol. The van der Waals surface area contributed by atoms with Crippen molar-refractivity contribution in [1.29, 1.82) is 0 Å². The molecule has 1 aliphatic rings. The van der Waals surface area contributed by atoms with Gasteiger partial charge in [0.05, 0.1) is 29.4 Å². The van der Waals surface area contributed by atoms with Crippen molar-refractivity contribution in [3.63, 3.8) is 0 Å². The lowest BCUT2D eigenvalue weighted by atomic mass is 10.0. The molecule has 0 spiro atoms. The van der Waals surface area contributed by atoms with E-state index in [1.165, 1.54) is 18.5 Å². The number of hydrogen-bond acceptors (Lipinski definition) is 4. The van der Waals surface area contributed by atoms with E-state index in [-0.39, 0.29) is 28.9 Å². The second-order valence-corrected chi connectivity index (χ2v) is 7.48. The molecule has 4 rings (SSSR count). The van der Waals surface area contributed by atoms with Gasteiger partial charge in [-0.3, -0.25) is 19.6 Å². The number of rotatable bonds is 5. The fourth-order valence-electron chi connectivity index (χ4n) is 3.87. The maximum atomic E-state index is 14.4. The molecule has 0 radical (unpaired) electrons. The molecule has 2 aromatic heterocycles. The number of hydrogen-bond donors (Lipinski definition) is 1. The molecule has 6 nitrogen and oxygen atoms in total. The van der Waals surface area contributed by atoms with Crippen LogP contribution in [0.3, 0.4) is 0 Å². The fourth-order valence-corrected chi connectivity index (χ4v) is 4.09. The first-order valence-corrected chi connectivity index (χ1v) is 9.76. The second-order valence-electron chi connectivity index (χ2n) is 7.05. The fraction of sp³-hybridized carbons (Fsp3) is 0.182. The van der Waals surface area contributed by atoms with Gasteiger partial charge in [-0.25, -0.2) is 4.39 Å². The van der Waals surface area contributed by atoms with Gasteiger partial charge in [0.1, 0.15) is 5.82 Å². The minimum Gasteiger partial charge on any atom is -0.366 e. The van der Waals surface area contributed by atoms with Crippen molar-refractivity contribution in [2.75, 3.05) is 0 Å². The van der Waals surface area contributed by atoms with Gasteiger partial charge in [0, 0.05) is 23.6 Å². The number of carbonyl (C=O) groups is 2. The number of fused-ring (bicyclic) bond motifs is 1. The lowest BCUT2D eigenvalue weighted by Crippen LogP contribution is -2.35. The highest BCUT2D eigenvalue weighted by molar-refractivity contribution is 6.30. The van der Waals surface area contributed by atoms with Crippen LogP contribution in [0.1, 0.15) is 50.0 Å². The molecule has 0 aliphatic heterocycles. The number of pyridine rings is 2. The number of benzene rings is 1. The third-order valence-electron chi connectivity index (χ3n) is 5.24. The van der Waals surface area contributed by atoms with Crippen molar-refractivity contribution in [2.24, 2.45) is 5.73 Å². The first-order valence-electron chi connectivity index (χ1n) is 9.38. The molecular weight excluding hydrogens is 407 g/mol. The first kappa shape index (κ1) is 20.0. The standard InChI is InChI=1S/C22H18ClFN4O2/c23-14-9-17-15(18(24)10-14)5-6-20(17)28(22(30)13-3-1-7-26-11-13)12-19-16(21(25)29)4-2-8-27-19/h1-4,7-11,20H,5-6,12H2,(H2,25,29)/t20-/m1/s1. The number of primary amides is 1. The van der Waals surface area contributed by atoms with Crippen LogP contribution in [0.25, 0.3) is 0 Å². The molecule has 152 valence electrons. The van der Waals surface area contributed by atoms with Gasteiger partial charge in [0.25, 0.3) is 11.8 Å². The van der Waals surface area contributed by atoms with Crippen molar-refractivity contribution in [3.05, 3.63) is 93.8 Å². The molecule has 0 saturated carbocycles. The molecule has 2 amide bonds. The van der Waals surface area contributed by atoms with Crippen LogP contribution in [0.4, 0.5) is 4.39 Å². The maximum absolute atomic E-state index is 14.4. The van der Waals surface area contributed by atoms with E-state index < -0.39 is 11.9 Å². The van der Waals surface area contributed by atoms with Gasteiger partial charge >= 0.3 is 0 Å². The van der Waals surface area contributed by atoms with Crippen molar-refractivity contribution in [1.82, 2.24) is 14.9 Å². The summed E-state index contributed by atoms with van der Waals surface area (Å²) >= 11 is 6.10. The molecule has 1 aliphatic carbocycles. The van der Waals surface area contributed by atoms with Crippen LogP contribution in [-0.2, 0) is 13.0 Å². The van der Waals surface area contributed by atoms with Gasteiger partial charge in [0.2, 0.25) is 0 Å². The van der Waals surface area contributed by atoms with E-state index in [0.29, 0.717) is 35.2 Å². The summed E-state index contributed by atoms with van der Waals surface area (Å²) in [7, 11) is 0. The maximum Gasteiger partial charge on any atom is 0.256 e. The summed E-state index contributed by atoms with van der Waals surface area (Å²) in [5.41, 5.74) is 7.68. The number of carbonyl (C=O) groups excluding carboxylic acids is 2. The molecular formula is C22H18ClFN4O2. The van der Waals surface area contributed by atoms with Crippen molar-refractivity contribution >= 4 is 23.4 Å². The Labute approximate surface area is 177 Å². The van der Waals surface area contributed by atoms with Gasteiger partial charge in [0.15, 0.2) is 0 Å². The number of nitrogens with two attached hydrogens (primary N) is 1. The Bertz CT molecular complexity index is 1120.